The molecule has 1 aromatic carbocycles. The van der Waals surface area contributed by atoms with Crippen LogP contribution in [-0.2, 0) is 22.6 Å². The van der Waals surface area contributed by atoms with Crippen LogP contribution in [0.2, 0.25) is 0 Å². The largest absolute Gasteiger partial charge is 0.469 e. The van der Waals surface area contributed by atoms with Crippen LogP contribution in [-0.4, -0.2) is 62.6 Å². The molecular formula is C20H32FIN4O2. The SMILES string of the molecule is CCNC(=NCc1ccc(F)c(CN(C)C)c1)N1CCC(C(=O)OC)CC1.I. The lowest BCUT2D eigenvalue weighted by Gasteiger charge is -2.33. The number of likely N-dealkylation sites (tertiary alicyclic amines) is 1. The summed E-state index contributed by atoms with van der Waals surface area (Å²) in [6, 6.07) is 5.18. The summed E-state index contributed by atoms with van der Waals surface area (Å²) in [5.41, 5.74) is 1.66. The van der Waals surface area contributed by atoms with Crippen molar-refractivity contribution in [3.05, 3.63) is 35.1 Å². The summed E-state index contributed by atoms with van der Waals surface area (Å²) in [6.45, 7) is 5.38. The van der Waals surface area contributed by atoms with Gasteiger partial charge in [-0.15, -0.1) is 24.0 Å². The monoisotopic (exact) mass is 506 g/mol. The van der Waals surface area contributed by atoms with Crippen molar-refractivity contribution in [1.29, 1.82) is 0 Å². The van der Waals surface area contributed by atoms with Crippen LogP contribution in [0.3, 0.4) is 0 Å². The number of halogens is 2. The molecule has 1 N–H and O–H groups in total. The smallest absolute Gasteiger partial charge is 0.308 e. The Hall–Kier alpha value is -1.42. The molecule has 0 amide bonds. The lowest BCUT2D eigenvalue weighted by molar-refractivity contribution is -0.146. The van der Waals surface area contributed by atoms with E-state index in [-0.39, 0.29) is 41.7 Å². The second-order valence-corrected chi connectivity index (χ2v) is 7.12. The van der Waals surface area contributed by atoms with Crippen LogP contribution < -0.4 is 5.32 Å². The summed E-state index contributed by atoms with van der Waals surface area (Å²) in [5.74, 6) is 0.489. The maximum atomic E-state index is 14.0. The summed E-state index contributed by atoms with van der Waals surface area (Å²) in [6.07, 6.45) is 1.53. The van der Waals surface area contributed by atoms with Gasteiger partial charge in [-0.2, -0.15) is 0 Å². The molecule has 1 heterocycles. The van der Waals surface area contributed by atoms with Crippen LogP contribution in [0.4, 0.5) is 4.39 Å². The summed E-state index contributed by atoms with van der Waals surface area (Å²) < 4.78 is 18.8. The van der Waals surface area contributed by atoms with Gasteiger partial charge in [-0.25, -0.2) is 9.38 Å². The zero-order chi connectivity index (χ0) is 19.8. The average molecular weight is 506 g/mol. The maximum absolute atomic E-state index is 14.0. The number of piperidine rings is 1. The molecule has 2 rings (SSSR count). The van der Waals surface area contributed by atoms with Crippen molar-refractivity contribution in [2.45, 2.75) is 32.9 Å². The number of esters is 1. The number of nitrogens with one attached hydrogen (secondary N) is 1. The number of hydrogen-bond donors (Lipinski definition) is 1. The number of aliphatic imine (C=N–C) groups is 1. The van der Waals surface area contributed by atoms with Crippen LogP contribution in [0.1, 0.15) is 30.9 Å². The van der Waals surface area contributed by atoms with Crippen LogP contribution in [0.25, 0.3) is 0 Å². The molecule has 1 aliphatic heterocycles. The molecule has 0 aromatic heterocycles. The average Bonchev–Trinajstić information content (AvgIpc) is 2.66. The molecule has 0 saturated carbocycles. The Morgan fingerprint density at radius 3 is 2.61 bits per heavy atom. The fourth-order valence-corrected chi connectivity index (χ4v) is 3.27. The van der Waals surface area contributed by atoms with Crippen LogP contribution >= 0.6 is 24.0 Å². The highest BCUT2D eigenvalue weighted by molar-refractivity contribution is 14.0. The third-order valence-electron chi connectivity index (χ3n) is 4.67. The molecule has 28 heavy (non-hydrogen) atoms. The molecule has 0 atom stereocenters. The summed E-state index contributed by atoms with van der Waals surface area (Å²) >= 11 is 0. The van der Waals surface area contributed by atoms with E-state index in [1.807, 2.05) is 32.0 Å². The fourth-order valence-electron chi connectivity index (χ4n) is 3.27. The zero-order valence-corrected chi connectivity index (χ0v) is 19.5. The van der Waals surface area contributed by atoms with Gasteiger partial charge in [-0.05, 0) is 51.6 Å². The molecule has 8 heteroatoms. The minimum Gasteiger partial charge on any atom is -0.469 e. The number of benzene rings is 1. The molecule has 1 saturated heterocycles. The zero-order valence-electron chi connectivity index (χ0n) is 17.2. The number of nitrogens with zero attached hydrogens (tertiary/aromatic N) is 3. The van der Waals surface area contributed by atoms with Gasteiger partial charge in [-0.3, -0.25) is 4.79 Å². The third kappa shape index (κ3) is 7.20. The number of carbonyl (C=O) groups excluding carboxylic acids is 1. The number of ether oxygens (including phenoxy) is 1. The molecule has 0 aliphatic carbocycles. The van der Waals surface area contributed by atoms with Crippen molar-refractivity contribution in [1.82, 2.24) is 15.1 Å². The van der Waals surface area contributed by atoms with E-state index in [9.17, 15) is 9.18 Å². The first-order chi connectivity index (χ1) is 12.9. The highest BCUT2D eigenvalue weighted by atomic mass is 127. The standard InChI is InChI=1S/C20H31FN4O2.HI/c1-5-22-20(25-10-8-16(9-11-25)19(26)27-4)23-13-15-6-7-18(21)17(12-15)14-24(2)3;/h6-7,12,16H,5,8-11,13-14H2,1-4H3,(H,22,23);1H. The molecule has 0 spiro atoms. The van der Waals surface area contributed by atoms with Gasteiger partial charge in [0.2, 0.25) is 0 Å². The summed E-state index contributed by atoms with van der Waals surface area (Å²) in [5, 5.41) is 3.32. The number of rotatable bonds is 6. The second-order valence-electron chi connectivity index (χ2n) is 7.12. The van der Waals surface area contributed by atoms with Gasteiger partial charge in [0, 0.05) is 31.7 Å². The minimum absolute atomic E-state index is 0. The third-order valence-corrected chi connectivity index (χ3v) is 4.67. The molecule has 1 aliphatic rings. The van der Waals surface area contributed by atoms with E-state index in [4.69, 9.17) is 9.73 Å². The fraction of sp³-hybridized carbons (Fsp3) is 0.600. The van der Waals surface area contributed by atoms with Gasteiger partial charge < -0.3 is 19.9 Å². The Labute approximate surface area is 184 Å². The van der Waals surface area contributed by atoms with E-state index < -0.39 is 0 Å². The molecule has 1 fully saturated rings. The highest BCUT2D eigenvalue weighted by Crippen LogP contribution is 2.19. The van der Waals surface area contributed by atoms with Crippen LogP contribution in [0.15, 0.2) is 23.2 Å². The van der Waals surface area contributed by atoms with Gasteiger partial charge in [0.1, 0.15) is 5.82 Å². The number of guanidine groups is 1. The molecule has 6 nitrogen and oxygen atoms in total. The van der Waals surface area contributed by atoms with E-state index in [0.717, 1.165) is 44.0 Å². The number of hydrogen-bond acceptors (Lipinski definition) is 4. The van der Waals surface area contributed by atoms with E-state index >= 15 is 0 Å². The van der Waals surface area contributed by atoms with Crippen LogP contribution in [0.5, 0.6) is 0 Å². The Kier molecular flexibility index (Phi) is 10.7. The molecule has 158 valence electrons. The van der Waals surface area contributed by atoms with E-state index in [0.29, 0.717) is 18.7 Å². The number of methoxy groups -OCH3 is 1. The Morgan fingerprint density at radius 2 is 2.04 bits per heavy atom. The molecule has 0 unspecified atom stereocenters. The van der Waals surface area contributed by atoms with E-state index in [1.54, 1.807) is 6.07 Å². The predicted molar refractivity (Wildman–Crippen MR) is 120 cm³/mol. The topological polar surface area (TPSA) is 57.2 Å². The quantitative estimate of drug-likeness (QED) is 0.279. The predicted octanol–water partition coefficient (Wildman–Crippen LogP) is 2.86. The van der Waals surface area contributed by atoms with Gasteiger partial charge in [0.05, 0.1) is 19.6 Å². The van der Waals surface area contributed by atoms with Crippen molar-refractivity contribution in [3.63, 3.8) is 0 Å². The summed E-state index contributed by atoms with van der Waals surface area (Å²) in [7, 11) is 5.28. The maximum Gasteiger partial charge on any atom is 0.308 e. The lowest BCUT2D eigenvalue weighted by Crippen LogP contribution is -2.46. The van der Waals surface area contributed by atoms with Crippen molar-refractivity contribution < 1.29 is 13.9 Å². The minimum atomic E-state index is -0.187. The lowest BCUT2D eigenvalue weighted by atomic mass is 9.97. The molecule has 0 bridgehead atoms. The van der Waals surface area contributed by atoms with E-state index in [2.05, 4.69) is 10.2 Å². The van der Waals surface area contributed by atoms with Crippen molar-refractivity contribution >= 4 is 35.9 Å². The van der Waals surface area contributed by atoms with Gasteiger partial charge in [-0.1, -0.05) is 6.07 Å². The normalized spacial score (nSPS) is 15.4. The van der Waals surface area contributed by atoms with Crippen molar-refractivity contribution in [2.75, 3.05) is 40.8 Å². The van der Waals surface area contributed by atoms with Gasteiger partial charge in [0.25, 0.3) is 0 Å². The van der Waals surface area contributed by atoms with E-state index in [1.165, 1.54) is 13.2 Å². The molecule has 1 aromatic rings. The Bertz CT molecular complexity index is 662. The first kappa shape index (κ1) is 24.6. The Balaban J connectivity index is 0.00000392. The van der Waals surface area contributed by atoms with Crippen LogP contribution in [0, 0.1) is 11.7 Å². The molecular weight excluding hydrogens is 474 g/mol. The van der Waals surface area contributed by atoms with Gasteiger partial charge in [0.15, 0.2) is 5.96 Å². The van der Waals surface area contributed by atoms with Crippen molar-refractivity contribution in [3.8, 4) is 0 Å². The number of carbonyl (C=O) groups is 1. The Morgan fingerprint density at radius 1 is 1.36 bits per heavy atom. The highest BCUT2D eigenvalue weighted by Gasteiger charge is 2.26. The first-order valence-corrected chi connectivity index (χ1v) is 9.47. The molecule has 0 radical (unpaired) electrons. The van der Waals surface area contributed by atoms with Gasteiger partial charge >= 0.3 is 5.97 Å². The van der Waals surface area contributed by atoms with Crippen molar-refractivity contribution in [2.24, 2.45) is 10.9 Å². The second kappa shape index (κ2) is 12.2. The first-order valence-electron chi connectivity index (χ1n) is 9.47. The summed E-state index contributed by atoms with van der Waals surface area (Å²) in [4.78, 5) is 20.5.